The first-order valence-corrected chi connectivity index (χ1v) is 6.09. The monoisotopic (exact) mass is 258 g/mol. The van der Waals surface area contributed by atoms with Crippen LogP contribution in [0.1, 0.15) is 24.1 Å². The Labute approximate surface area is 112 Å². The van der Waals surface area contributed by atoms with Gasteiger partial charge in [0, 0.05) is 11.7 Å². The molecular formula is C14H18N4O. The van der Waals surface area contributed by atoms with E-state index in [-0.39, 0.29) is 6.04 Å². The first-order chi connectivity index (χ1) is 9.11. The molecule has 5 nitrogen and oxygen atoms in total. The van der Waals surface area contributed by atoms with Crippen LogP contribution >= 0.6 is 0 Å². The highest BCUT2D eigenvalue weighted by Gasteiger charge is 2.11. The van der Waals surface area contributed by atoms with Gasteiger partial charge >= 0.3 is 0 Å². The van der Waals surface area contributed by atoms with Gasteiger partial charge in [0.15, 0.2) is 0 Å². The first-order valence-electron chi connectivity index (χ1n) is 6.09. The third-order valence-electron chi connectivity index (χ3n) is 3.02. The molecule has 1 aromatic carbocycles. The third kappa shape index (κ3) is 2.93. The van der Waals surface area contributed by atoms with E-state index in [9.17, 15) is 0 Å². The summed E-state index contributed by atoms with van der Waals surface area (Å²) >= 11 is 0. The molecular weight excluding hydrogens is 240 g/mol. The van der Waals surface area contributed by atoms with Crippen molar-refractivity contribution in [1.29, 1.82) is 0 Å². The number of nitrogens with zero attached hydrogens (tertiary/aromatic N) is 2. The van der Waals surface area contributed by atoms with Crippen molar-refractivity contribution in [2.45, 2.75) is 19.9 Å². The van der Waals surface area contributed by atoms with E-state index >= 15 is 0 Å². The molecule has 1 aromatic heterocycles. The second-order valence-electron chi connectivity index (χ2n) is 4.39. The van der Waals surface area contributed by atoms with E-state index in [1.54, 1.807) is 7.11 Å². The van der Waals surface area contributed by atoms with Gasteiger partial charge in [-0.15, -0.1) is 0 Å². The first kappa shape index (κ1) is 13.1. The number of methoxy groups -OCH3 is 1. The van der Waals surface area contributed by atoms with E-state index in [1.165, 1.54) is 6.33 Å². The predicted molar refractivity (Wildman–Crippen MR) is 76.2 cm³/mol. The summed E-state index contributed by atoms with van der Waals surface area (Å²) in [6, 6.07) is 7.91. The zero-order chi connectivity index (χ0) is 13.8. The zero-order valence-corrected chi connectivity index (χ0v) is 11.3. The van der Waals surface area contributed by atoms with Gasteiger partial charge in [-0.1, -0.05) is 12.1 Å². The standard InChI is InChI=1S/C14H18N4O/c1-9-13(16-8-17-14(9)19-3)18-10(2)11-4-6-12(15)7-5-11/h4-8,10H,15H2,1-3H3,(H,16,17,18). The Bertz CT molecular complexity index is 554. The highest BCUT2D eigenvalue weighted by Crippen LogP contribution is 2.24. The molecule has 1 atom stereocenters. The van der Waals surface area contributed by atoms with Crippen LogP contribution in [0, 0.1) is 6.92 Å². The summed E-state index contributed by atoms with van der Waals surface area (Å²) in [6.45, 7) is 4.00. The van der Waals surface area contributed by atoms with Crippen molar-refractivity contribution in [2.75, 3.05) is 18.2 Å². The van der Waals surface area contributed by atoms with Crippen molar-refractivity contribution < 1.29 is 4.74 Å². The van der Waals surface area contributed by atoms with E-state index in [4.69, 9.17) is 10.5 Å². The van der Waals surface area contributed by atoms with Crippen LogP contribution in [-0.4, -0.2) is 17.1 Å². The van der Waals surface area contributed by atoms with Crippen LogP contribution in [0.2, 0.25) is 0 Å². The number of hydrogen-bond donors (Lipinski definition) is 2. The highest BCUT2D eigenvalue weighted by atomic mass is 16.5. The van der Waals surface area contributed by atoms with Gasteiger partial charge in [0.25, 0.3) is 0 Å². The van der Waals surface area contributed by atoms with Gasteiger partial charge in [-0.3, -0.25) is 0 Å². The van der Waals surface area contributed by atoms with Gasteiger partial charge in [0.1, 0.15) is 12.1 Å². The molecule has 0 aliphatic heterocycles. The highest BCUT2D eigenvalue weighted by molar-refractivity contribution is 5.50. The van der Waals surface area contributed by atoms with Crippen molar-refractivity contribution in [3.63, 3.8) is 0 Å². The molecule has 2 aromatic rings. The molecule has 0 aliphatic rings. The lowest BCUT2D eigenvalue weighted by atomic mass is 10.1. The smallest absolute Gasteiger partial charge is 0.221 e. The largest absolute Gasteiger partial charge is 0.481 e. The Balaban J connectivity index is 2.19. The molecule has 0 radical (unpaired) electrons. The third-order valence-corrected chi connectivity index (χ3v) is 3.02. The van der Waals surface area contributed by atoms with E-state index in [0.29, 0.717) is 5.88 Å². The molecule has 0 saturated heterocycles. The lowest BCUT2D eigenvalue weighted by molar-refractivity contribution is 0.393. The Morgan fingerprint density at radius 3 is 2.53 bits per heavy atom. The normalized spacial score (nSPS) is 11.9. The average Bonchev–Trinajstić information content (AvgIpc) is 2.42. The second kappa shape index (κ2) is 5.56. The Morgan fingerprint density at radius 1 is 1.21 bits per heavy atom. The van der Waals surface area contributed by atoms with Gasteiger partial charge in [-0.05, 0) is 31.5 Å². The second-order valence-corrected chi connectivity index (χ2v) is 4.39. The molecule has 0 saturated carbocycles. The molecule has 1 unspecified atom stereocenters. The van der Waals surface area contributed by atoms with Gasteiger partial charge in [0.2, 0.25) is 5.88 Å². The van der Waals surface area contributed by atoms with Crippen LogP contribution in [0.3, 0.4) is 0 Å². The minimum absolute atomic E-state index is 0.124. The quantitative estimate of drug-likeness (QED) is 0.824. The molecule has 0 aliphatic carbocycles. The predicted octanol–water partition coefficient (Wildman–Crippen LogP) is 2.55. The maximum atomic E-state index is 5.68. The molecule has 100 valence electrons. The van der Waals surface area contributed by atoms with Crippen LogP contribution in [-0.2, 0) is 0 Å². The summed E-state index contributed by atoms with van der Waals surface area (Å²) in [6.07, 6.45) is 1.49. The van der Waals surface area contributed by atoms with Crippen molar-refractivity contribution in [3.05, 3.63) is 41.7 Å². The Hall–Kier alpha value is -2.30. The summed E-state index contributed by atoms with van der Waals surface area (Å²) < 4.78 is 5.18. The molecule has 0 spiro atoms. The lowest BCUT2D eigenvalue weighted by Crippen LogP contribution is -2.10. The number of nitrogens with one attached hydrogen (secondary N) is 1. The fourth-order valence-corrected chi connectivity index (χ4v) is 1.86. The fourth-order valence-electron chi connectivity index (χ4n) is 1.86. The van der Waals surface area contributed by atoms with Crippen LogP contribution in [0.15, 0.2) is 30.6 Å². The van der Waals surface area contributed by atoms with Crippen molar-refractivity contribution in [2.24, 2.45) is 0 Å². The van der Waals surface area contributed by atoms with Crippen molar-refractivity contribution in [1.82, 2.24) is 9.97 Å². The SMILES string of the molecule is COc1ncnc(NC(C)c2ccc(N)cc2)c1C. The number of ether oxygens (including phenoxy) is 1. The maximum absolute atomic E-state index is 5.68. The molecule has 0 fully saturated rings. The number of anilines is 2. The van der Waals surface area contributed by atoms with Crippen molar-refractivity contribution >= 4 is 11.5 Å². The Kier molecular flexibility index (Phi) is 3.85. The van der Waals surface area contributed by atoms with E-state index in [1.807, 2.05) is 31.2 Å². The Morgan fingerprint density at radius 2 is 1.89 bits per heavy atom. The molecule has 19 heavy (non-hydrogen) atoms. The summed E-state index contributed by atoms with van der Waals surface area (Å²) in [5, 5.41) is 3.35. The average molecular weight is 258 g/mol. The lowest BCUT2D eigenvalue weighted by Gasteiger charge is -2.17. The van der Waals surface area contributed by atoms with Gasteiger partial charge in [-0.2, -0.15) is 0 Å². The van der Waals surface area contributed by atoms with Crippen LogP contribution < -0.4 is 15.8 Å². The number of aromatic nitrogens is 2. The van der Waals surface area contributed by atoms with Crippen molar-refractivity contribution in [3.8, 4) is 5.88 Å². The van der Waals surface area contributed by atoms with E-state index < -0.39 is 0 Å². The molecule has 3 N–H and O–H groups in total. The number of nitrogen functional groups attached to an aromatic ring is 1. The van der Waals surface area contributed by atoms with Gasteiger partial charge in [-0.25, -0.2) is 9.97 Å². The molecule has 5 heteroatoms. The molecule has 2 rings (SSSR count). The van der Waals surface area contributed by atoms with Gasteiger partial charge < -0.3 is 15.8 Å². The topological polar surface area (TPSA) is 73.1 Å². The van der Waals surface area contributed by atoms with E-state index in [0.717, 1.165) is 22.6 Å². The van der Waals surface area contributed by atoms with Gasteiger partial charge in [0.05, 0.1) is 12.7 Å². The zero-order valence-electron chi connectivity index (χ0n) is 11.3. The number of hydrogen-bond acceptors (Lipinski definition) is 5. The summed E-state index contributed by atoms with van der Waals surface area (Å²) in [5.74, 6) is 1.36. The molecule has 0 amide bonds. The van der Waals surface area contributed by atoms with E-state index in [2.05, 4.69) is 22.2 Å². The number of benzene rings is 1. The molecule has 0 bridgehead atoms. The number of rotatable bonds is 4. The minimum atomic E-state index is 0.124. The van der Waals surface area contributed by atoms with Crippen LogP contribution in [0.25, 0.3) is 0 Å². The fraction of sp³-hybridized carbons (Fsp3) is 0.286. The van der Waals surface area contributed by atoms with Crippen LogP contribution in [0.5, 0.6) is 5.88 Å². The summed E-state index contributed by atoms with van der Waals surface area (Å²) in [7, 11) is 1.60. The van der Waals surface area contributed by atoms with Crippen LogP contribution in [0.4, 0.5) is 11.5 Å². The minimum Gasteiger partial charge on any atom is -0.481 e. The summed E-state index contributed by atoms with van der Waals surface area (Å²) in [5.41, 5.74) is 8.48. The summed E-state index contributed by atoms with van der Waals surface area (Å²) in [4.78, 5) is 8.30. The molecule has 1 heterocycles. The maximum Gasteiger partial charge on any atom is 0.221 e. The number of nitrogens with two attached hydrogens (primary N) is 1.